The molecule has 0 aliphatic carbocycles. The first kappa shape index (κ1) is 16.8. The second-order valence-corrected chi connectivity index (χ2v) is 6.40. The highest BCUT2D eigenvalue weighted by Gasteiger charge is 2.18. The summed E-state index contributed by atoms with van der Waals surface area (Å²) in [6.07, 6.45) is 0. The molecule has 122 valence electrons. The summed E-state index contributed by atoms with van der Waals surface area (Å²) < 4.78 is 44.2. The number of sulfonamides is 1. The Morgan fingerprint density at radius 3 is 2.39 bits per heavy atom. The fraction of sp³-hybridized carbons (Fsp3) is 0.133. The molecule has 0 aliphatic rings. The highest BCUT2D eigenvalue weighted by atomic mass is 32.2. The lowest BCUT2D eigenvalue weighted by molar-refractivity contribution is 0.256. The number of rotatable bonds is 4. The van der Waals surface area contributed by atoms with Crippen molar-refractivity contribution in [3.05, 3.63) is 53.8 Å². The van der Waals surface area contributed by atoms with Crippen LogP contribution >= 0.6 is 0 Å². The van der Waals surface area contributed by atoms with Gasteiger partial charge in [-0.1, -0.05) is 17.7 Å². The number of nitrogens with one attached hydrogen (secondary N) is 2. The molecule has 2 aromatic rings. The zero-order valence-electron chi connectivity index (χ0n) is 12.5. The number of halogens is 1. The van der Waals surface area contributed by atoms with Crippen molar-refractivity contribution < 1.29 is 22.3 Å². The molecule has 0 fully saturated rings. The number of carbonyl (C=O) groups excluding carboxylic acids is 1. The third-order valence-corrected chi connectivity index (χ3v) is 4.31. The maximum atomic E-state index is 13.2. The van der Waals surface area contributed by atoms with Crippen LogP contribution in [0.15, 0.2) is 47.4 Å². The van der Waals surface area contributed by atoms with Crippen LogP contribution in [0.4, 0.5) is 14.9 Å². The molecule has 8 heteroatoms. The van der Waals surface area contributed by atoms with Crippen LogP contribution in [-0.4, -0.2) is 21.6 Å². The van der Waals surface area contributed by atoms with Gasteiger partial charge in [-0.05, 0) is 31.2 Å². The van der Waals surface area contributed by atoms with E-state index < -0.39 is 21.9 Å². The Morgan fingerprint density at radius 1 is 1.13 bits per heavy atom. The van der Waals surface area contributed by atoms with Gasteiger partial charge in [0.25, 0.3) is 10.0 Å². The van der Waals surface area contributed by atoms with Crippen LogP contribution in [0, 0.1) is 12.7 Å². The van der Waals surface area contributed by atoms with Gasteiger partial charge < -0.3 is 10.1 Å². The van der Waals surface area contributed by atoms with Gasteiger partial charge in [-0.2, -0.15) is 0 Å². The van der Waals surface area contributed by atoms with E-state index in [0.29, 0.717) is 0 Å². The molecule has 0 spiro atoms. The molecule has 0 aliphatic heterocycles. The Kier molecular flexibility index (Phi) is 4.85. The Hall–Kier alpha value is -2.61. The summed E-state index contributed by atoms with van der Waals surface area (Å²) in [6, 6.07) is 8.47. The Morgan fingerprint density at radius 2 is 1.78 bits per heavy atom. The lowest BCUT2D eigenvalue weighted by Gasteiger charge is -2.11. The monoisotopic (exact) mass is 338 g/mol. The summed E-state index contributed by atoms with van der Waals surface area (Å²) in [4.78, 5) is 11.8. The van der Waals surface area contributed by atoms with E-state index in [9.17, 15) is 17.6 Å². The molecule has 0 heterocycles. The fourth-order valence-electron chi connectivity index (χ4n) is 1.82. The van der Waals surface area contributed by atoms with Crippen molar-refractivity contribution in [3.63, 3.8) is 0 Å². The molecule has 0 radical (unpaired) electrons. The second-order valence-electron chi connectivity index (χ2n) is 4.72. The van der Waals surface area contributed by atoms with Gasteiger partial charge in [0.05, 0.1) is 17.7 Å². The average Bonchev–Trinajstić information content (AvgIpc) is 2.47. The van der Waals surface area contributed by atoms with Crippen LogP contribution in [0.2, 0.25) is 0 Å². The van der Waals surface area contributed by atoms with Gasteiger partial charge in [0.15, 0.2) is 0 Å². The number of anilines is 1. The van der Waals surface area contributed by atoms with E-state index >= 15 is 0 Å². The van der Waals surface area contributed by atoms with E-state index in [-0.39, 0.29) is 16.3 Å². The highest BCUT2D eigenvalue weighted by Crippen LogP contribution is 2.24. The van der Waals surface area contributed by atoms with Crippen molar-refractivity contribution in [1.29, 1.82) is 0 Å². The standard InChI is InChI=1S/C15H15FN2O4S/c1-10-3-6-12(7-4-10)23(20,21)18-15(19)17-13-9-11(16)5-8-14(13)22-2/h3-9H,1-2H3,(H2,17,18,19). The number of hydrogen-bond acceptors (Lipinski definition) is 4. The van der Waals surface area contributed by atoms with Gasteiger partial charge in [0.2, 0.25) is 0 Å². The molecule has 0 aromatic heterocycles. The Labute approximate surface area is 133 Å². The molecule has 0 unspecified atom stereocenters. The predicted octanol–water partition coefficient (Wildman–Crippen LogP) is 2.65. The molecule has 0 saturated carbocycles. The van der Waals surface area contributed by atoms with E-state index in [0.717, 1.165) is 17.7 Å². The van der Waals surface area contributed by atoms with Crippen molar-refractivity contribution >= 4 is 21.7 Å². The lowest BCUT2D eigenvalue weighted by Crippen LogP contribution is -2.34. The Bertz CT molecular complexity index is 820. The molecule has 2 N–H and O–H groups in total. The van der Waals surface area contributed by atoms with E-state index in [1.807, 2.05) is 11.6 Å². The quantitative estimate of drug-likeness (QED) is 0.897. The summed E-state index contributed by atoms with van der Waals surface area (Å²) in [5.41, 5.74) is 0.905. The normalized spacial score (nSPS) is 10.9. The number of carbonyl (C=O) groups is 1. The summed E-state index contributed by atoms with van der Waals surface area (Å²) in [5, 5.41) is 2.25. The van der Waals surface area contributed by atoms with Crippen LogP contribution in [0.25, 0.3) is 0 Å². The number of ether oxygens (including phenoxy) is 1. The summed E-state index contributed by atoms with van der Waals surface area (Å²) in [7, 11) is -2.68. The van der Waals surface area contributed by atoms with E-state index in [1.165, 1.54) is 25.3 Å². The van der Waals surface area contributed by atoms with Crippen molar-refractivity contribution in [3.8, 4) is 5.75 Å². The first-order chi connectivity index (χ1) is 10.8. The molecule has 23 heavy (non-hydrogen) atoms. The lowest BCUT2D eigenvalue weighted by atomic mass is 10.2. The molecule has 2 rings (SSSR count). The summed E-state index contributed by atoms with van der Waals surface area (Å²) in [5.74, 6) is -0.392. The van der Waals surface area contributed by atoms with Crippen molar-refractivity contribution in [1.82, 2.24) is 4.72 Å². The van der Waals surface area contributed by atoms with E-state index in [2.05, 4.69) is 5.32 Å². The van der Waals surface area contributed by atoms with Gasteiger partial charge in [-0.15, -0.1) is 0 Å². The first-order valence-corrected chi connectivity index (χ1v) is 8.04. The SMILES string of the molecule is COc1ccc(F)cc1NC(=O)NS(=O)(=O)c1ccc(C)cc1. The zero-order chi connectivity index (χ0) is 17.0. The number of urea groups is 1. The first-order valence-electron chi connectivity index (χ1n) is 6.56. The molecule has 0 bridgehead atoms. The van der Waals surface area contributed by atoms with Crippen molar-refractivity contribution in [2.75, 3.05) is 12.4 Å². The molecule has 6 nitrogen and oxygen atoms in total. The van der Waals surface area contributed by atoms with Crippen LogP contribution in [-0.2, 0) is 10.0 Å². The van der Waals surface area contributed by atoms with E-state index in [4.69, 9.17) is 4.74 Å². The van der Waals surface area contributed by atoms with Crippen LogP contribution in [0.5, 0.6) is 5.75 Å². The maximum absolute atomic E-state index is 13.2. The average molecular weight is 338 g/mol. The molecular weight excluding hydrogens is 323 g/mol. The van der Waals surface area contributed by atoms with Crippen molar-refractivity contribution in [2.24, 2.45) is 0 Å². The third kappa shape index (κ3) is 4.19. The second kappa shape index (κ2) is 6.66. The molecular formula is C15H15FN2O4S. The minimum absolute atomic E-state index is 0.0177. The minimum Gasteiger partial charge on any atom is -0.495 e. The molecule has 2 aromatic carbocycles. The van der Waals surface area contributed by atoms with Gasteiger partial charge in [-0.25, -0.2) is 22.3 Å². The number of hydrogen-bond donors (Lipinski definition) is 2. The third-order valence-electron chi connectivity index (χ3n) is 2.97. The van der Waals surface area contributed by atoms with Gasteiger partial charge >= 0.3 is 6.03 Å². The summed E-state index contributed by atoms with van der Waals surface area (Å²) >= 11 is 0. The van der Waals surface area contributed by atoms with Crippen molar-refractivity contribution in [2.45, 2.75) is 11.8 Å². The highest BCUT2D eigenvalue weighted by molar-refractivity contribution is 7.90. The number of benzene rings is 2. The molecule has 2 amide bonds. The van der Waals surface area contributed by atoms with Crippen LogP contribution < -0.4 is 14.8 Å². The number of methoxy groups -OCH3 is 1. The number of amides is 2. The zero-order valence-corrected chi connectivity index (χ0v) is 13.3. The minimum atomic E-state index is -4.02. The van der Waals surface area contributed by atoms with Crippen LogP contribution in [0.1, 0.15) is 5.56 Å². The molecule has 0 atom stereocenters. The fourth-order valence-corrected chi connectivity index (χ4v) is 2.73. The predicted molar refractivity (Wildman–Crippen MR) is 83.5 cm³/mol. The topological polar surface area (TPSA) is 84.5 Å². The number of aryl methyl sites for hydroxylation is 1. The van der Waals surface area contributed by atoms with Crippen LogP contribution in [0.3, 0.4) is 0 Å². The Balaban J connectivity index is 2.16. The van der Waals surface area contributed by atoms with Gasteiger partial charge in [-0.3, -0.25) is 0 Å². The van der Waals surface area contributed by atoms with Gasteiger partial charge in [0.1, 0.15) is 11.6 Å². The van der Waals surface area contributed by atoms with E-state index in [1.54, 1.807) is 12.1 Å². The molecule has 0 saturated heterocycles. The summed E-state index contributed by atoms with van der Waals surface area (Å²) in [6.45, 7) is 1.81. The van der Waals surface area contributed by atoms with Gasteiger partial charge in [0, 0.05) is 6.07 Å². The smallest absolute Gasteiger partial charge is 0.333 e. The largest absolute Gasteiger partial charge is 0.495 e. The maximum Gasteiger partial charge on any atom is 0.333 e.